The van der Waals surface area contributed by atoms with Crippen LogP contribution in [0.5, 0.6) is 0 Å². The van der Waals surface area contributed by atoms with Crippen LogP contribution in [0.15, 0.2) is 47.3 Å². The summed E-state index contributed by atoms with van der Waals surface area (Å²) in [6.45, 7) is 5.09. The second-order valence-electron chi connectivity index (χ2n) is 5.98. The van der Waals surface area contributed by atoms with Crippen LogP contribution in [-0.4, -0.2) is 4.98 Å². The maximum atomic E-state index is 13.6. The lowest BCUT2D eigenvalue weighted by Gasteiger charge is -2.06. The normalized spacial score (nSPS) is 11.0. The van der Waals surface area contributed by atoms with Crippen molar-refractivity contribution in [3.63, 3.8) is 0 Å². The van der Waals surface area contributed by atoms with Crippen molar-refractivity contribution in [3.8, 4) is 10.4 Å². The minimum absolute atomic E-state index is 0.00733. The van der Waals surface area contributed by atoms with Crippen molar-refractivity contribution in [1.29, 1.82) is 0 Å². The summed E-state index contributed by atoms with van der Waals surface area (Å²) in [5.41, 5.74) is 3.42. The van der Waals surface area contributed by atoms with Crippen LogP contribution < -0.4 is 10.9 Å². The molecule has 5 heteroatoms. The van der Waals surface area contributed by atoms with E-state index in [2.05, 4.69) is 22.4 Å². The van der Waals surface area contributed by atoms with Gasteiger partial charge in [-0.05, 0) is 37.6 Å². The van der Waals surface area contributed by atoms with E-state index in [0.29, 0.717) is 25.1 Å². The molecule has 0 atom stereocenters. The molecule has 3 aromatic rings. The molecule has 0 radical (unpaired) electrons. The second kappa shape index (κ2) is 7.76. The number of rotatable bonds is 6. The summed E-state index contributed by atoms with van der Waals surface area (Å²) in [6.07, 6.45) is 0.713. The van der Waals surface area contributed by atoms with E-state index in [9.17, 15) is 9.18 Å². The van der Waals surface area contributed by atoms with Gasteiger partial charge >= 0.3 is 0 Å². The molecule has 0 fully saturated rings. The van der Waals surface area contributed by atoms with Crippen LogP contribution in [0, 0.1) is 12.7 Å². The lowest BCUT2D eigenvalue weighted by Crippen LogP contribution is -2.13. The molecule has 0 unspecified atom stereocenters. The van der Waals surface area contributed by atoms with Crippen LogP contribution in [0.4, 0.5) is 4.39 Å². The SMILES string of the molecule is CCc1cc(-c2ccc(CNCc3ccccc3F)s2)c(C)[nH]c1=O. The quantitative estimate of drug-likeness (QED) is 0.687. The highest BCUT2D eigenvalue weighted by Gasteiger charge is 2.09. The van der Waals surface area contributed by atoms with Gasteiger partial charge in [-0.15, -0.1) is 11.3 Å². The number of hydrogen-bond donors (Lipinski definition) is 2. The average Bonchev–Trinajstić information content (AvgIpc) is 3.05. The molecule has 3 rings (SSSR count). The maximum absolute atomic E-state index is 13.6. The molecule has 0 aliphatic rings. The van der Waals surface area contributed by atoms with Crippen LogP contribution >= 0.6 is 11.3 Å². The van der Waals surface area contributed by atoms with E-state index in [1.807, 2.05) is 26.0 Å². The zero-order chi connectivity index (χ0) is 17.8. The minimum atomic E-state index is -0.183. The Labute approximate surface area is 150 Å². The molecule has 2 heterocycles. The van der Waals surface area contributed by atoms with Gasteiger partial charge in [-0.2, -0.15) is 0 Å². The van der Waals surface area contributed by atoms with Gasteiger partial charge in [0.2, 0.25) is 0 Å². The first kappa shape index (κ1) is 17.6. The molecule has 25 heavy (non-hydrogen) atoms. The van der Waals surface area contributed by atoms with Crippen molar-refractivity contribution < 1.29 is 4.39 Å². The molecule has 2 N–H and O–H groups in total. The molecule has 0 aliphatic heterocycles. The Morgan fingerprint density at radius 1 is 1.12 bits per heavy atom. The highest BCUT2D eigenvalue weighted by molar-refractivity contribution is 7.15. The number of benzene rings is 1. The largest absolute Gasteiger partial charge is 0.326 e. The summed E-state index contributed by atoms with van der Waals surface area (Å²) in [4.78, 5) is 17.1. The smallest absolute Gasteiger partial charge is 0.251 e. The van der Waals surface area contributed by atoms with Gasteiger partial charge in [-0.3, -0.25) is 4.79 Å². The predicted octanol–water partition coefficient (Wildman–Crippen LogP) is 4.40. The summed E-state index contributed by atoms with van der Waals surface area (Å²) < 4.78 is 13.6. The molecule has 1 aromatic carbocycles. The van der Waals surface area contributed by atoms with E-state index < -0.39 is 0 Å². The van der Waals surface area contributed by atoms with E-state index in [-0.39, 0.29) is 11.4 Å². The Hall–Kier alpha value is -2.24. The van der Waals surface area contributed by atoms with Crippen molar-refractivity contribution in [2.45, 2.75) is 33.4 Å². The van der Waals surface area contributed by atoms with E-state index in [0.717, 1.165) is 21.7 Å². The summed E-state index contributed by atoms with van der Waals surface area (Å²) >= 11 is 1.69. The van der Waals surface area contributed by atoms with E-state index in [4.69, 9.17) is 0 Å². The zero-order valence-electron chi connectivity index (χ0n) is 14.4. The van der Waals surface area contributed by atoms with Gasteiger partial charge in [0.15, 0.2) is 0 Å². The highest BCUT2D eigenvalue weighted by Crippen LogP contribution is 2.30. The van der Waals surface area contributed by atoms with Crippen molar-refractivity contribution in [1.82, 2.24) is 10.3 Å². The maximum Gasteiger partial charge on any atom is 0.251 e. The first-order valence-corrected chi connectivity index (χ1v) is 9.16. The number of aryl methyl sites for hydroxylation is 2. The van der Waals surface area contributed by atoms with E-state index in [1.165, 1.54) is 10.9 Å². The van der Waals surface area contributed by atoms with Gasteiger partial charge in [-0.1, -0.05) is 25.1 Å². The van der Waals surface area contributed by atoms with E-state index >= 15 is 0 Å². The minimum Gasteiger partial charge on any atom is -0.326 e. The number of hydrogen-bond acceptors (Lipinski definition) is 3. The summed E-state index contributed by atoms with van der Waals surface area (Å²) in [7, 11) is 0. The third-order valence-electron chi connectivity index (χ3n) is 4.20. The van der Waals surface area contributed by atoms with Crippen molar-refractivity contribution in [2.75, 3.05) is 0 Å². The van der Waals surface area contributed by atoms with Gasteiger partial charge in [0.05, 0.1) is 0 Å². The molecular formula is C20H21FN2OS. The molecule has 0 spiro atoms. The number of thiophene rings is 1. The average molecular weight is 356 g/mol. The summed E-state index contributed by atoms with van der Waals surface area (Å²) in [6, 6.07) is 12.9. The van der Waals surface area contributed by atoms with Gasteiger partial charge in [-0.25, -0.2) is 4.39 Å². The second-order valence-corrected chi connectivity index (χ2v) is 7.15. The highest BCUT2D eigenvalue weighted by atomic mass is 32.1. The first-order chi connectivity index (χ1) is 12.1. The summed E-state index contributed by atoms with van der Waals surface area (Å²) in [5, 5.41) is 3.28. The van der Waals surface area contributed by atoms with Gasteiger partial charge < -0.3 is 10.3 Å². The Kier molecular flexibility index (Phi) is 5.46. The number of H-pyrrole nitrogens is 1. The molecule has 0 saturated carbocycles. The standard InChI is InChI=1S/C20H21FN2OS/c1-3-14-10-17(13(2)23-20(14)24)19-9-8-16(25-19)12-22-11-15-6-4-5-7-18(15)21/h4-10,22H,3,11-12H2,1-2H3,(H,23,24). The number of pyridine rings is 1. The topological polar surface area (TPSA) is 44.9 Å². The molecule has 3 nitrogen and oxygen atoms in total. The molecule has 130 valence electrons. The number of aromatic nitrogens is 1. The Balaban J connectivity index is 1.71. The fraction of sp³-hybridized carbons (Fsp3) is 0.250. The van der Waals surface area contributed by atoms with Crippen LogP contribution in [0.3, 0.4) is 0 Å². The van der Waals surface area contributed by atoms with E-state index in [1.54, 1.807) is 23.5 Å². The lowest BCUT2D eigenvalue weighted by molar-refractivity contribution is 0.589. The zero-order valence-corrected chi connectivity index (χ0v) is 15.2. The van der Waals surface area contributed by atoms with Crippen molar-refractivity contribution in [3.05, 3.63) is 80.3 Å². The molecule has 0 saturated heterocycles. The number of nitrogens with one attached hydrogen (secondary N) is 2. The predicted molar refractivity (Wildman–Crippen MR) is 101 cm³/mol. The molecular weight excluding hydrogens is 335 g/mol. The van der Waals surface area contributed by atoms with Crippen molar-refractivity contribution >= 4 is 11.3 Å². The van der Waals surface area contributed by atoms with Gasteiger partial charge in [0.25, 0.3) is 5.56 Å². The number of halogens is 1. The Morgan fingerprint density at radius 3 is 2.68 bits per heavy atom. The Bertz CT molecular complexity index is 929. The van der Waals surface area contributed by atoms with Gasteiger partial charge in [0, 0.05) is 45.2 Å². The first-order valence-electron chi connectivity index (χ1n) is 8.34. The van der Waals surface area contributed by atoms with Crippen molar-refractivity contribution in [2.24, 2.45) is 0 Å². The monoisotopic (exact) mass is 356 g/mol. The number of aromatic amines is 1. The van der Waals surface area contributed by atoms with Crippen LogP contribution in [0.25, 0.3) is 10.4 Å². The van der Waals surface area contributed by atoms with Crippen LogP contribution in [0.1, 0.15) is 28.6 Å². The lowest BCUT2D eigenvalue weighted by atomic mass is 10.1. The summed E-state index contributed by atoms with van der Waals surface area (Å²) in [5.74, 6) is -0.183. The third-order valence-corrected chi connectivity index (χ3v) is 5.31. The third kappa shape index (κ3) is 4.06. The fourth-order valence-corrected chi connectivity index (χ4v) is 3.82. The van der Waals surface area contributed by atoms with Gasteiger partial charge in [0.1, 0.15) is 5.82 Å². The molecule has 0 bridgehead atoms. The van der Waals surface area contributed by atoms with Crippen LogP contribution in [0.2, 0.25) is 0 Å². The molecule has 0 amide bonds. The van der Waals surface area contributed by atoms with Crippen LogP contribution in [-0.2, 0) is 19.5 Å². The molecule has 0 aliphatic carbocycles. The fourth-order valence-electron chi connectivity index (χ4n) is 2.76. The Morgan fingerprint density at radius 2 is 1.92 bits per heavy atom. The molecule has 2 aromatic heterocycles.